The van der Waals surface area contributed by atoms with Crippen molar-refractivity contribution in [3.8, 4) is 0 Å². The van der Waals surface area contributed by atoms with E-state index in [4.69, 9.17) is 0 Å². The average Bonchev–Trinajstić information content (AvgIpc) is 2.39. The van der Waals surface area contributed by atoms with Gasteiger partial charge in [-0.2, -0.15) is 0 Å². The molecule has 0 saturated heterocycles. The number of benzene rings is 1. The second kappa shape index (κ2) is 7.40. The van der Waals surface area contributed by atoms with Gasteiger partial charge in [0, 0.05) is 11.9 Å². The molecule has 0 spiro atoms. The molecule has 21 heavy (non-hydrogen) atoms. The van der Waals surface area contributed by atoms with Crippen molar-refractivity contribution >= 4 is 0 Å². The van der Waals surface area contributed by atoms with Gasteiger partial charge in [-0.1, -0.05) is 70.5 Å². The normalized spacial score (nSPS) is 11.0. The first-order chi connectivity index (χ1) is 9.70. The van der Waals surface area contributed by atoms with Crippen molar-refractivity contribution in [2.24, 2.45) is 0 Å². The Morgan fingerprint density at radius 3 is 1.81 bits per heavy atom. The summed E-state index contributed by atoms with van der Waals surface area (Å²) in [6, 6.07) is 12.9. The lowest BCUT2D eigenvalue weighted by Gasteiger charge is -2.17. The molecule has 0 unspecified atom stereocenters. The molecule has 1 nitrogen and oxygen atoms in total. The molecular weight excluding hydrogens is 254 g/mol. The maximum absolute atomic E-state index is 4.25. The summed E-state index contributed by atoms with van der Waals surface area (Å²) in [7, 11) is 0. The molecule has 0 radical (unpaired) electrons. The van der Waals surface area contributed by atoms with Gasteiger partial charge < -0.3 is 0 Å². The minimum absolute atomic E-state index is 0.223. The number of rotatable bonds is 1. The maximum Gasteiger partial charge on any atom is 0.0372 e. The molecule has 0 fully saturated rings. The Hall–Kier alpha value is -1.63. The third-order valence-corrected chi connectivity index (χ3v) is 3.52. The van der Waals surface area contributed by atoms with E-state index in [1.807, 2.05) is 13.1 Å². The number of hydrogen-bond donors (Lipinski definition) is 0. The summed E-state index contributed by atoms with van der Waals surface area (Å²) in [6.07, 6.45) is 1.95. The summed E-state index contributed by atoms with van der Waals surface area (Å²) in [5.74, 6) is 0.653. The monoisotopic (exact) mass is 283 g/mol. The van der Waals surface area contributed by atoms with Gasteiger partial charge in [-0.15, -0.1) is 0 Å². The van der Waals surface area contributed by atoms with Crippen LogP contribution in [0.15, 0.2) is 42.6 Å². The van der Waals surface area contributed by atoms with Crippen molar-refractivity contribution in [2.45, 2.75) is 59.8 Å². The standard InChI is InChI=1S/C10H15N.C10H14/c1-8-5-6-9(7-11-8)10(2,3)4;1-8(2)10-6-4-9(3)5-7-10/h5-7H,1-4H3;4-8H,1-3H3. The number of hydrogen-bond acceptors (Lipinski definition) is 1. The molecule has 114 valence electrons. The molecule has 0 N–H and O–H groups in total. The lowest BCUT2D eigenvalue weighted by molar-refractivity contribution is 0.587. The molecule has 0 amide bonds. The predicted octanol–water partition coefficient (Wildman–Crippen LogP) is 5.81. The van der Waals surface area contributed by atoms with Crippen molar-refractivity contribution in [1.82, 2.24) is 4.98 Å². The van der Waals surface area contributed by atoms with Gasteiger partial charge in [-0.05, 0) is 42.4 Å². The third-order valence-electron chi connectivity index (χ3n) is 3.52. The van der Waals surface area contributed by atoms with Crippen LogP contribution < -0.4 is 0 Å². The molecular formula is C20H29N. The second-order valence-corrected chi connectivity index (χ2v) is 7.00. The van der Waals surface area contributed by atoms with Crippen LogP contribution in [0.25, 0.3) is 0 Å². The largest absolute Gasteiger partial charge is 0.261 e. The second-order valence-electron chi connectivity index (χ2n) is 7.00. The molecule has 0 atom stereocenters. The first-order valence-electron chi connectivity index (χ1n) is 7.70. The van der Waals surface area contributed by atoms with E-state index in [9.17, 15) is 0 Å². The number of nitrogens with zero attached hydrogens (tertiary/aromatic N) is 1. The summed E-state index contributed by atoms with van der Waals surface area (Å²) >= 11 is 0. The maximum atomic E-state index is 4.25. The summed E-state index contributed by atoms with van der Waals surface area (Å²) in [4.78, 5) is 4.25. The van der Waals surface area contributed by atoms with Gasteiger partial charge in [0.25, 0.3) is 0 Å². The Labute approximate surface area is 130 Å². The quantitative estimate of drug-likeness (QED) is 0.644. The summed E-state index contributed by atoms with van der Waals surface area (Å²) < 4.78 is 0. The molecule has 1 heteroatoms. The highest BCUT2D eigenvalue weighted by molar-refractivity contribution is 5.23. The number of pyridine rings is 1. The van der Waals surface area contributed by atoms with E-state index in [-0.39, 0.29) is 5.41 Å². The van der Waals surface area contributed by atoms with Gasteiger partial charge >= 0.3 is 0 Å². The highest BCUT2D eigenvalue weighted by atomic mass is 14.7. The Kier molecular flexibility index (Phi) is 6.14. The third kappa shape index (κ3) is 6.12. The lowest BCUT2D eigenvalue weighted by Crippen LogP contribution is -2.11. The molecule has 0 aliphatic carbocycles. The molecule has 1 aromatic heterocycles. The van der Waals surface area contributed by atoms with Crippen LogP contribution in [0.5, 0.6) is 0 Å². The average molecular weight is 283 g/mol. The smallest absolute Gasteiger partial charge is 0.0372 e. The zero-order valence-corrected chi connectivity index (χ0v) is 14.6. The molecule has 1 heterocycles. The minimum atomic E-state index is 0.223. The van der Waals surface area contributed by atoms with Crippen LogP contribution >= 0.6 is 0 Å². The van der Waals surface area contributed by atoms with Crippen LogP contribution in [-0.2, 0) is 5.41 Å². The van der Waals surface area contributed by atoms with Gasteiger partial charge in [0.1, 0.15) is 0 Å². The molecule has 0 saturated carbocycles. The number of aryl methyl sites for hydroxylation is 2. The van der Waals surface area contributed by atoms with Gasteiger partial charge in [0.15, 0.2) is 0 Å². The fourth-order valence-electron chi connectivity index (χ4n) is 1.86. The van der Waals surface area contributed by atoms with E-state index < -0.39 is 0 Å². The zero-order valence-electron chi connectivity index (χ0n) is 14.6. The molecule has 1 aromatic carbocycles. The van der Waals surface area contributed by atoms with Crippen LogP contribution in [0.3, 0.4) is 0 Å². The van der Waals surface area contributed by atoms with Gasteiger partial charge in [-0.25, -0.2) is 0 Å². The van der Waals surface area contributed by atoms with E-state index in [0.717, 1.165) is 5.69 Å². The predicted molar refractivity (Wildman–Crippen MR) is 92.9 cm³/mol. The van der Waals surface area contributed by atoms with Crippen LogP contribution in [0.4, 0.5) is 0 Å². The summed E-state index contributed by atoms with van der Waals surface area (Å²) in [5.41, 5.74) is 5.36. The Morgan fingerprint density at radius 2 is 1.43 bits per heavy atom. The van der Waals surface area contributed by atoms with E-state index in [0.29, 0.717) is 5.92 Å². The van der Waals surface area contributed by atoms with E-state index in [1.54, 1.807) is 0 Å². The molecule has 0 bridgehead atoms. The van der Waals surface area contributed by atoms with Crippen molar-refractivity contribution in [1.29, 1.82) is 0 Å². The SMILES string of the molecule is Cc1ccc(C(C)(C)C)cn1.Cc1ccc(C(C)C)cc1. The van der Waals surface area contributed by atoms with Crippen LogP contribution in [0.2, 0.25) is 0 Å². The highest BCUT2D eigenvalue weighted by Crippen LogP contribution is 2.20. The fourth-order valence-corrected chi connectivity index (χ4v) is 1.86. The van der Waals surface area contributed by atoms with Crippen LogP contribution in [-0.4, -0.2) is 4.98 Å². The topological polar surface area (TPSA) is 12.9 Å². The van der Waals surface area contributed by atoms with Gasteiger partial charge in [-0.3, -0.25) is 4.98 Å². The van der Waals surface area contributed by atoms with Crippen molar-refractivity contribution < 1.29 is 0 Å². The Balaban J connectivity index is 0.000000211. The highest BCUT2D eigenvalue weighted by Gasteiger charge is 2.12. The van der Waals surface area contributed by atoms with E-state index >= 15 is 0 Å². The van der Waals surface area contributed by atoms with Crippen molar-refractivity contribution in [3.63, 3.8) is 0 Å². The summed E-state index contributed by atoms with van der Waals surface area (Å²) in [5, 5.41) is 0. The van der Waals surface area contributed by atoms with Crippen LogP contribution in [0, 0.1) is 13.8 Å². The van der Waals surface area contributed by atoms with E-state index in [1.165, 1.54) is 16.7 Å². The zero-order chi connectivity index (χ0) is 16.0. The van der Waals surface area contributed by atoms with E-state index in [2.05, 4.69) is 82.9 Å². The van der Waals surface area contributed by atoms with Gasteiger partial charge in [0.05, 0.1) is 0 Å². The van der Waals surface area contributed by atoms with Crippen LogP contribution in [0.1, 0.15) is 62.9 Å². The Bertz CT molecular complexity index is 528. The number of aromatic nitrogens is 1. The minimum Gasteiger partial charge on any atom is -0.261 e. The summed E-state index contributed by atoms with van der Waals surface area (Å²) in [6.45, 7) is 15.1. The fraction of sp³-hybridized carbons (Fsp3) is 0.450. The molecule has 0 aliphatic heterocycles. The first kappa shape index (κ1) is 17.4. The lowest BCUT2D eigenvalue weighted by atomic mass is 9.88. The van der Waals surface area contributed by atoms with Crippen molar-refractivity contribution in [2.75, 3.05) is 0 Å². The molecule has 2 aromatic rings. The Morgan fingerprint density at radius 1 is 0.857 bits per heavy atom. The van der Waals surface area contributed by atoms with Crippen molar-refractivity contribution in [3.05, 3.63) is 65.0 Å². The molecule has 2 rings (SSSR count). The van der Waals surface area contributed by atoms with Gasteiger partial charge in [0.2, 0.25) is 0 Å². The first-order valence-corrected chi connectivity index (χ1v) is 7.70. The molecule has 0 aliphatic rings.